The standard InChI is InChI=1S/C7H7F5Si.2K/c1-6-2-4-7(5-3-6)13(8,9,10,11)12;;/h2-5H,1H3;;/q-2;2*+1. The second-order valence-corrected chi connectivity index (χ2v) is 6.00. The molecule has 0 aliphatic carbocycles. The van der Waals surface area contributed by atoms with Crippen molar-refractivity contribution >= 4 is 13.5 Å². The number of aryl methyl sites for hydroxylation is 1. The van der Waals surface area contributed by atoms with E-state index in [9.17, 15) is 20.5 Å². The number of halogens is 5. The molecule has 0 aliphatic rings. The molecule has 8 heteroatoms. The molecule has 1 rings (SSSR count). The fourth-order valence-electron chi connectivity index (χ4n) is 0.869. The van der Waals surface area contributed by atoms with Gasteiger partial charge in [0.05, 0.1) is 0 Å². The predicted molar refractivity (Wildman–Crippen MR) is 42.1 cm³/mol. The van der Waals surface area contributed by atoms with Crippen molar-refractivity contribution in [3.63, 3.8) is 0 Å². The maximum absolute atomic E-state index is 12.1. The zero-order valence-corrected chi connectivity index (χ0v) is 15.9. The Hall–Kier alpha value is 2.36. The summed E-state index contributed by atoms with van der Waals surface area (Å²) >= 11 is 0. The molecule has 0 N–H and O–H groups in total. The molecule has 15 heavy (non-hydrogen) atoms. The summed E-state index contributed by atoms with van der Waals surface area (Å²) < 4.78 is 60.6. The van der Waals surface area contributed by atoms with Gasteiger partial charge in [-0.05, 0) is 0 Å². The van der Waals surface area contributed by atoms with E-state index in [1.807, 2.05) is 0 Å². The molecule has 0 fully saturated rings. The van der Waals surface area contributed by atoms with Crippen molar-refractivity contribution in [3.05, 3.63) is 29.8 Å². The monoisotopic (exact) mass is 292 g/mol. The van der Waals surface area contributed by atoms with Crippen LogP contribution in [0.15, 0.2) is 24.3 Å². The average molecular weight is 292 g/mol. The van der Waals surface area contributed by atoms with E-state index >= 15 is 0 Å². The van der Waals surface area contributed by atoms with Gasteiger partial charge in [0.2, 0.25) is 0 Å². The maximum atomic E-state index is 12.1. The van der Waals surface area contributed by atoms with Gasteiger partial charge in [-0.15, -0.1) is 0 Å². The Morgan fingerprint density at radius 3 is 1.40 bits per heavy atom. The Bertz CT molecular complexity index is 329. The normalized spacial score (nSPS) is 15.3. The smallest absolute Gasteiger partial charge is 1.00 e. The van der Waals surface area contributed by atoms with E-state index in [2.05, 4.69) is 0 Å². The van der Waals surface area contributed by atoms with Crippen LogP contribution in [0, 0.1) is 6.92 Å². The molecule has 0 saturated heterocycles. The minimum atomic E-state index is -9.88. The minimum absolute atomic E-state index is 0. The fraction of sp³-hybridized carbons (Fsp3) is 0.143. The third-order valence-corrected chi connectivity index (χ3v) is 3.02. The molecule has 0 aliphatic heterocycles. The first-order valence-electron chi connectivity index (χ1n) is 3.52. The molecule has 0 nitrogen and oxygen atoms in total. The number of hydrogen-bond acceptors (Lipinski definition) is 0. The van der Waals surface area contributed by atoms with Gasteiger partial charge >= 0.3 is 174 Å². The molecule has 0 radical (unpaired) electrons. The number of benzene rings is 1. The molecule has 0 saturated carbocycles. The maximum Gasteiger partial charge on any atom is 1.00 e. The van der Waals surface area contributed by atoms with Crippen molar-refractivity contribution in [2.75, 3.05) is 0 Å². The third-order valence-electron chi connectivity index (χ3n) is 1.60. The van der Waals surface area contributed by atoms with Gasteiger partial charge in [0.25, 0.3) is 0 Å². The second kappa shape index (κ2) is 5.16. The molecule has 0 spiro atoms. The molecule has 1 aromatic carbocycles. The van der Waals surface area contributed by atoms with E-state index in [1.165, 1.54) is 6.92 Å². The average Bonchev–Trinajstić information content (AvgIpc) is 1.82. The van der Waals surface area contributed by atoms with Gasteiger partial charge in [0.15, 0.2) is 0 Å². The molecule has 76 valence electrons. The summed E-state index contributed by atoms with van der Waals surface area (Å²) in [6.45, 7) is 1.53. The fourth-order valence-corrected chi connectivity index (χ4v) is 1.67. The molecule has 0 aromatic heterocycles. The van der Waals surface area contributed by atoms with Crippen molar-refractivity contribution in [3.8, 4) is 0 Å². The molecule has 0 bridgehead atoms. The Labute approximate surface area is 170 Å². The Morgan fingerprint density at radius 2 is 1.13 bits per heavy atom. The summed E-state index contributed by atoms with van der Waals surface area (Å²) in [5.41, 5.74) is 0.511. The summed E-state index contributed by atoms with van der Waals surface area (Å²) in [6, 6.07) is 2.87. The Morgan fingerprint density at radius 1 is 0.800 bits per heavy atom. The van der Waals surface area contributed by atoms with Crippen molar-refractivity contribution in [2.45, 2.75) is 6.92 Å². The van der Waals surface area contributed by atoms with E-state index < -0.39 is 13.5 Å². The zero-order chi connectivity index (χ0) is 10.4. The van der Waals surface area contributed by atoms with Gasteiger partial charge in [-0.2, -0.15) is 0 Å². The van der Waals surface area contributed by atoms with Crippen LogP contribution in [-0.2, 0) is 0 Å². The van der Waals surface area contributed by atoms with E-state index in [4.69, 9.17) is 0 Å². The first-order chi connectivity index (χ1) is 5.49. The van der Waals surface area contributed by atoms with Gasteiger partial charge in [-0.3, -0.25) is 0 Å². The predicted octanol–water partition coefficient (Wildman–Crippen LogP) is -3.10. The molecular weight excluding hydrogens is 285 g/mol. The van der Waals surface area contributed by atoms with Gasteiger partial charge < -0.3 is 0 Å². The van der Waals surface area contributed by atoms with Gasteiger partial charge in [0, 0.05) is 0 Å². The third kappa shape index (κ3) is 6.75. The van der Waals surface area contributed by atoms with Crippen molar-refractivity contribution in [2.24, 2.45) is 0 Å². The number of rotatable bonds is 1. The van der Waals surface area contributed by atoms with E-state index in [-0.39, 0.29) is 103 Å². The van der Waals surface area contributed by atoms with Crippen LogP contribution in [0.5, 0.6) is 0 Å². The van der Waals surface area contributed by atoms with Crippen molar-refractivity contribution in [1.82, 2.24) is 0 Å². The summed E-state index contributed by atoms with van der Waals surface area (Å²) in [5.74, 6) is 0. The van der Waals surface area contributed by atoms with Crippen LogP contribution in [0.1, 0.15) is 5.56 Å². The quantitative estimate of drug-likeness (QED) is 0.292. The molecule has 0 amide bonds. The first-order valence-corrected chi connectivity index (χ1v) is 5.91. The summed E-state index contributed by atoms with van der Waals surface area (Å²) in [4.78, 5) is 0. The zero-order valence-electron chi connectivity index (χ0n) is 8.70. The Balaban J connectivity index is 0. The van der Waals surface area contributed by atoms with Crippen LogP contribution < -0.4 is 108 Å². The summed E-state index contributed by atoms with van der Waals surface area (Å²) in [6.07, 6.45) is 0. The van der Waals surface area contributed by atoms with E-state index in [0.29, 0.717) is 17.7 Å². The summed E-state index contributed by atoms with van der Waals surface area (Å²) in [7, 11) is -9.88. The van der Waals surface area contributed by atoms with Crippen LogP contribution in [-0.4, -0.2) is 8.30 Å². The van der Waals surface area contributed by atoms with Crippen LogP contribution in [0.2, 0.25) is 0 Å². The number of hydrogen-bond donors (Lipinski definition) is 0. The van der Waals surface area contributed by atoms with Gasteiger partial charge in [-0.25, -0.2) is 0 Å². The van der Waals surface area contributed by atoms with Gasteiger partial charge in [0.1, 0.15) is 0 Å². The van der Waals surface area contributed by atoms with Crippen LogP contribution in [0.3, 0.4) is 0 Å². The molecule has 0 heterocycles. The van der Waals surface area contributed by atoms with Crippen LogP contribution in [0.25, 0.3) is 0 Å². The van der Waals surface area contributed by atoms with E-state index in [1.54, 1.807) is 0 Å². The molecule has 0 unspecified atom stereocenters. The first kappa shape index (κ1) is 19.7. The van der Waals surface area contributed by atoms with Crippen LogP contribution in [0.4, 0.5) is 20.5 Å². The van der Waals surface area contributed by atoms with Crippen molar-refractivity contribution in [1.29, 1.82) is 0 Å². The SMILES string of the molecule is Cc1ccc([Si-2](F)(F)(F)(F)F)cc1.[K+].[K+]. The van der Waals surface area contributed by atoms with Crippen molar-refractivity contribution < 1.29 is 123 Å². The molecular formula is C7H7F5K2Si. The molecule has 0 atom stereocenters. The molecule has 1 aromatic rings. The topological polar surface area (TPSA) is 0 Å². The van der Waals surface area contributed by atoms with Crippen LogP contribution >= 0.6 is 0 Å². The second-order valence-electron chi connectivity index (χ2n) is 3.05. The summed E-state index contributed by atoms with van der Waals surface area (Å²) in [5, 5.41) is -1.81. The minimum Gasteiger partial charge on any atom is 1.00 e. The van der Waals surface area contributed by atoms with E-state index in [0.717, 1.165) is 12.1 Å². The largest absolute Gasteiger partial charge is 1.00 e. The Kier molecular flexibility index (Phi) is 6.77. The van der Waals surface area contributed by atoms with Gasteiger partial charge in [-0.1, -0.05) is 0 Å².